The summed E-state index contributed by atoms with van der Waals surface area (Å²) in [6.45, 7) is 3.81. The molecular weight excluding hydrogens is 454 g/mol. The van der Waals surface area contributed by atoms with Crippen LogP contribution in [-0.4, -0.2) is 21.9 Å². The molecule has 1 aliphatic heterocycles. The number of Topliss-reactive ketones (excluding diaryl/α,β-unsaturated/α-hetero) is 1. The monoisotopic (exact) mass is 473 g/mol. The Morgan fingerprint density at radius 1 is 1.00 bits per heavy atom. The minimum Gasteiger partial charge on any atom is -0.508 e. The van der Waals surface area contributed by atoms with E-state index in [-0.39, 0.29) is 17.1 Å². The lowest BCUT2D eigenvalue weighted by molar-refractivity contribution is -0.117. The van der Waals surface area contributed by atoms with Gasteiger partial charge < -0.3 is 14.6 Å². The number of aliphatic hydroxyl groups is 1. The lowest BCUT2D eigenvalue weighted by atomic mass is 9.94. The molecule has 4 aromatic rings. The van der Waals surface area contributed by atoms with Crippen LogP contribution in [-0.2, 0) is 4.79 Å². The molecule has 1 unspecified atom stereocenters. The van der Waals surface area contributed by atoms with Crippen molar-refractivity contribution >= 4 is 39.9 Å². The zero-order valence-electron chi connectivity index (χ0n) is 18.4. The highest BCUT2D eigenvalue weighted by atomic mass is 35.5. The Labute approximate surface area is 200 Å². The number of ketones is 1. The van der Waals surface area contributed by atoms with E-state index in [0.29, 0.717) is 27.2 Å². The van der Waals surface area contributed by atoms with Gasteiger partial charge in [-0.2, -0.15) is 0 Å². The van der Waals surface area contributed by atoms with E-state index < -0.39 is 23.5 Å². The third kappa shape index (κ3) is 3.43. The molecular formula is C27H20ClNO5. The molecule has 1 aliphatic rings. The molecule has 3 aromatic carbocycles. The lowest BCUT2D eigenvalue weighted by Gasteiger charge is -2.28. The number of benzene rings is 3. The van der Waals surface area contributed by atoms with Crippen LogP contribution in [0.5, 0.6) is 5.75 Å². The van der Waals surface area contributed by atoms with Crippen molar-refractivity contribution in [2.45, 2.75) is 19.9 Å². The molecule has 0 aliphatic carbocycles. The Balaban J connectivity index is 1.68. The van der Waals surface area contributed by atoms with Gasteiger partial charge in [-0.1, -0.05) is 35.9 Å². The van der Waals surface area contributed by atoms with Crippen LogP contribution in [0.1, 0.15) is 33.3 Å². The fraction of sp³-hybridized carbons (Fsp3) is 0.111. The SMILES string of the molecule is Cc1cccc(N2C(=O)C(O)=C(C(=O)c3cc4cc(Cl)ccc4o3)C2c2ccc(O)cc2)c1C. The molecule has 0 saturated carbocycles. The first kappa shape index (κ1) is 21.8. The van der Waals surface area contributed by atoms with Gasteiger partial charge >= 0.3 is 0 Å². The predicted molar refractivity (Wildman–Crippen MR) is 129 cm³/mol. The Morgan fingerprint density at radius 3 is 2.47 bits per heavy atom. The maximum atomic E-state index is 13.7. The molecule has 1 aromatic heterocycles. The van der Waals surface area contributed by atoms with Gasteiger partial charge in [-0.3, -0.25) is 14.5 Å². The van der Waals surface area contributed by atoms with Gasteiger partial charge in [0.2, 0.25) is 5.78 Å². The van der Waals surface area contributed by atoms with E-state index in [2.05, 4.69) is 0 Å². The number of furan rings is 1. The normalized spacial score (nSPS) is 16.0. The summed E-state index contributed by atoms with van der Waals surface area (Å²) in [7, 11) is 0. The first-order chi connectivity index (χ1) is 16.3. The number of carbonyl (C=O) groups is 2. The molecule has 6 nitrogen and oxygen atoms in total. The van der Waals surface area contributed by atoms with Gasteiger partial charge in [0.1, 0.15) is 11.3 Å². The Bertz CT molecular complexity index is 1500. The number of hydrogen-bond donors (Lipinski definition) is 2. The van der Waals surface area contributed by atoms with Crippen LogP contribution < -0.4 is 4.90 Å². The zero-order chi connectivity index (χ0) is 24.1. The number of aliphatic hydroxyl groups excluding tert-OH is 1. The van der Waals surface area contributed by atoms with Gasteiger partial charge in [0.25, 0.3) is 5.91 Å². The highest BCUT2D eigenvalue weighted by Gasteiger charge is 2.45. The average Bonchev–Trinajstić information content (AvgIpc) is 3.35. The number of nitrogens with zero attached hydrogens (tertiary/aromatic N) is 1. The molecule has 0 radical (unpaired) electrons. The second-order valence-corrected chi connectivity index (χ2v) is 8.71. The smallest absolute Gasteiger partial charge is 0.294 e. The van der Waals surface area contributed by atoms with Crippen molar-refractivity contribution < 1.29 is 24.2 Å². The largest absolute Gasteiger partial charge is 0.508 e. The summed E-state index contributed by atoms with van der Waals surface area (Å²) in [4.78, 5) is 28.4. The van der Waals surface area contributed by atoms with Crippen LogP contribution in [0.2, 0.25) is 5.02 Å². The Kier molecular flexibility index (Phi) is 5.18. The Morgan fingerprint density at radius 2 is 1.74 bits per heavy atom. The van der Waals surface area contributed by atoms with E-state index in [4.69, 9.17) is 16.0 Å². The molecule has 0 fully saturated rings. The minimum atomic E-state index is -0.919. The van der Waals surface area contributed by atoms with E-state index >= 15 is 0 Å². The molecule has 170 valence electrons. The first-order valence-electron chi connectivity index (χ1n) is 10.6. The van der Waals surface area contributed by atoms with Crippen LogP contribution >= 0.6 is 11.6 Å². The van der Waals surface area contributed by atoms with Gasteiger partial charge in [-0.05, 0) is 73.0 Å². The second-order valence-electron chi connectivity index (χ2n) is 8.27. The van der Waals surface area contributed by atoms with Crippen LogP contribution in [0.25, 0.3) is 11.0 Å². The van der Waals surface area contributed by atoms with Gasteiger partial charge in [-0.15, -0.1) is 0 Å². The van der Waals surface area contributed by atoms with E-state index in [1.165, 1.54) is 17.0 Å². The summed E-state index contributed by atoms with van der Waals surface area (Å²) < 4.78 is 5.74. The molecule has 2 N–H and O–H groups in total. The molecule has 1 atom stereocenters. The van der Waals surface area contributed by atoms with E-state index in [9.17, 15) is 19.8 Å². The van der Waals surface area contributed by atoms with E-state index in [1.807, 2.05) is 26.0 Å². The maximum Gasteiger partial charge on any atom is 0.294 e. The summed E-state index contributed by atoms with van der Waals surface area (Å²) in [5.41, 5.74) is 3.31. The van der Waals surface area contributed by atoms with Gasteiger partial charge in [0.15, 0.2) is 11.5 Å². The van der Waals surface area contributed by atoms with Crippen molar-refractivity contribution in [2.75, 3.05) is 4.90 Å². The number of aromatic hydroxyl groups is 1. The molecule has 7 heteroatoms. The van der Waals surface area contributed by atoms with Gasteiger partial charge in [0.05, 0.1) is 11.6 Å². The van der Waals surface area contributed by atoms with Crippen LogP contribution in [0, 0.1) is 13.8 Å². The predicted octanol–water partition coefficient (Wildman–Crippen LogP) is 6.19. The standard InChI is InChI=1S/C27H20ClNO5/c1-14-4-3-5-20(15(14)2)29-24(16-6-9-19(30)10-7-16)23(26(32)27(29)33)25(31)22-13-17-12-18(28)8-11-21(17)34-22/h3-13,24,30,32H,1-2H3. The zero-order valence-corrected chi connectivity index (χ0v) is 19.1. The van der Waals surface area contributed by atoms with Gasteiger partial charge in [0, 0.05) is 16.1 Å². The number of halogens is 1. The van der Waals surface area contributed by atoms with E-state index in [0.717, 1.165) is 11.1 Å². The van der Waals surface area contributed by atoms with Crippen molar-refractivity contribution in [3.8, 4) is 5.75 Å². The van der Waals surface area contributed by atoms with Crippen LogP contribution in [0.4, 0.5) is 5.69 Å². The number of rotatable bonds is 4. The van der Waals surface area contributed by atoms with Crippen LogP contribution in [0.3, 0.4) is 0 Å². The molecule has 0 bridgehead atoms. The molecule has 0 saturated heterocycles. The van der Waals surface area contributed by atoms with Crippen molar-refractivity contribution in [1.29, 1.82) is 0 Å². The summed E-state index contributed by atoms with van der Waals surface area (Å²) in [5, 5.41) is 21.9. The molecule has 0 spiro atoms. The quantitative estimate of drug-likeness (QED) is 0.345. The number of aryl methyl sites for hydroxylation is 1. The fourth-order valence-corrected chi connectivity index (χ4v) is 4.49. The third-order valence-electron chi connectivity index (χ3n) is 6.20. The summed E-state index contributed by atoms with van der Waals surface area (Å²) in [5.74, 6) is -1.90. The fourth-order valence-electron chi connectivity index (χ4n) is 4.31. The number of anilines is 1. The topological polar surface area (TPSA) is 91.0 Å². The number of hydrogen-bond acceptors (Lipinski definition) is 5. The van der Waals surface area contributed by atoms with Crippen molar-refractivity contribution in [3.05, 3.63) is 106 Å². The molecule has 1 amide bonds. The Hall–Kier alpha value is -4.03. The third-order valence-corrected chi connectivity index (χ3v) is 6.43. The number of fused-ring (bicyclic) bond motifs is 1. The summed E-state index contributed by atoms with van der Waals surface area (Å²) in [6, 6.07) is 17.3. The highest BCUT2D eigenvalue weighted by Crippen LogP contribution is 2.44. The number of phenolic OH excluding ortho intramolecular Hbond substituents is 1. The number of phenols is 1. The number of carbonyl (C=O) groups excluding carboxylic acids is 2. The lowest BCUT2D eigenvalue weighted by Crippen LogP contribution is -2.31. The van der Waals surface area contributed by atoms with Crippen molar-refractivity contribution in [2.24, 2.45) is 0 Å². The molecule has 34 heavy (non-hydrogen) atoms. The summed E-state index contributed by atoms with van der Waals surface area (Å²) in [6.07, 6.45) is 0. The van der Waals surface area contributed by atoms with Crippen molar-refractivity contribution in [1.82, 2.24) is 0 Å². The van der Waals surface area contributed by atoms with Crippen LogP contribution in [0.15, 0.2) is 82.5 Å². The van der Waals surface area contributed by atoms with Crippen molar-refractivity contribution in [3.63, 3.8) is 0 Å². The highest BCUT2D eigenvalue weighted by molar-refractivity contribution is 6.31. The summed E-state index contributed by atoms with van der Waals surface area (Å²) >= 11 is 6.06. The molecule has 5 rings (SSSR count). The number of amides is 1. The van der Waals surface area contributed by atoms with E-state index in [1.54, 1.807) is 42.5 Å². The minimum absolute atomic E-state index is 0.0155. The second kappa shape index (κ2) is 8.08. The maximum absolute atomic E-state index is 13.7. The first-order valence-corrected chi connectivity index (χ1v) is 11.0. The molecule has 2 heterocycles. The van der Waals surface area contributed by atoms with Gasteiger partial charge in [-0.25, -0.2) is 0 Å². The average molecular weight is 474 g/mol.